The molecule has 1 fully saturated rings. The van der Waals surface area contributed by atoms with Gasteiger partial charge in [-0.3, -0.25) is 4.79 Å². The van der Waals surface area contributed by atoms with Crippen molar-refractivity contribution in [3.8, 4) is 17.2 Å². The standard InChI is InChI=1S/C24H26F2N4O4/c1-15-12-29(14-28-15)20-6-5-16(8-23(20)32-2)24(31)30-7-3-4-22(21(30)13-33-27)34-19-10-17(25)9-18(26)11-19/h5-6,8-12,14,21-22H,3-4,7,13,27H2,1-2H3. The second-order valence-corrected chi connectivity index (χ2v) is 8.11. The largest absolute Gasteiger partial charge is 0.495 e. The monoisotopic (exact) mass is 472 g/mol. The Hall–Kier alpha value is -3.50. The third kappa shape index (κ3) is 5.02. The van der Waals surface area contributed by atoms with E-state index in [1.807, 2.05) is 17.7 Å². The van der Waals surface area contributed by atoms with Crippen molar-refractivity contribution in [1.82, 2.24) is 14.5 Å². The van der Waals surface area contributed by atoms with Crippen LogP contribution in [0.5, 0.6) is 11.5 Å². The molecule has 1 aliphatic rings. The zero-order chi connectivity index (χ0) is 24.2. The first-order valence-electron chi connectivity index (χ1n) is 10.8. The highest BCUT2D eigenvalue weighted by atomic mass is 19.1. The van der Waals surface area contributed by atoms with E-state index in [1.165, 1.54) is 7.11 Å². The lowest BCUT2D eigenvalue weighted by Gasteiger charge is -2.40. The van der Waals surface area contributed by atoms with Gasteiger partial charge in [-0.15, -0.1) is 0 Å². The number of benzene rings is 2. The molecule has 4 rings (SSSR count). The molecule has 3 aromatic rings. The van der Waals surface area contributed by atoms with E-state index in [-0.39, 0.29) is 18.3 Å². The molecule has 2 aromatic carbocycles. The number of nitrogens with zero attached hydrogens (tertiary/aromatic N) is 3. The Bertz CT molecular complexity index is 1150. The van der Waals surface area contributed by atoms with Crippen LogP contribution in [0.4, 0.5) is 8.78 Å². The molecule has 0 radical (unpaired) electrons. The molecular weight excluding hydrogens is 446 g/mol. The Balaban J connectivity index is 1.59. The minimum absolute atomic E-state index is 0.00225. The molecule has 10 heteroatoms. The van der Waals surface area contributed by atoms with Gasteiger partial charge < -0.3 is 23.8 Å². The first-order valence-corrected chi connectivity index (χ1v) is 10.8. The smallest absolute Gasteiger partial charge is 0.254 e. The van der Waals surface area contributed by atoms with E-state index in [0.29, 0.717) is 30.7 Å². The number of piperidine rings is 1. The first kappa shape index (κ1) is 23.7. The van der Waals surface area contributed by atoms with Crippen molar-refractivity contribution in [2.24, 2.45) is 5.90 Å². The zero-order valence-electron chi connectivity index (χ0n) is 18.9. The number of carbonyl (C=O) groups is 1. The Morgan fingerprint density at radius 1 is 1.21 bits per heavy atom. The van der Waals surface area contributed by atoms with Crippen LogP contribution in [0.1, 0.15) is 28.9 Å². The van der Waals surface area contributed by atoms with Crippen LogP contribution in [0.15, 0.2) is 48.9 Å². The maximum Gasteiger partial charge on any atom is 0.254 e. The van der Waals surface area contributed by atoms with E-state index in [0.717, 1.165) is 29.6 Å². The summed E-state index contributed by atoms with van der Waals surface area (Å²) in [6.45, 7) is 2.33. The summed E-state index contributed by atoms with van der Waals surface area (Å²) in [5.41, 5.74) is 2.01. The number of halogens is 2. The fourth-order valence-corrected chi connectivity index (χ4v) is 4.22. The summed E-state index contributed by atoms with van der Waals surface area (Å²) in [5.74, 6) is 4.16. The lowest BCUT2D eigenvalue weighted by Crippen LogP contribution is -2.55. The number of ether oxygens (including phenoxy) is 2. The van der Waals surface area contributed by atoms with Gasteiger partial charge in [0.05, 0.1) is 37.5 Å². The van der Waals surface area contributed by atoms with Crippen molar-refractivity contribution >= 4 is 5.91 Å². The SMILES string of the molecule is COc1cc(C(=O)N2CCCC(Oc3cc(F)cc(F)c3)C2CON)ccc1-n1cnc(C)c1. The molecular formula is C24H26F2N4O4. The third-order valence-electron chi connectivity index (χ3n) is 5.79. The van der Waals surface area contributed by atoms with Gasteiger partial charge in [0, 0.05) is 36.5 Å². The summed E-state index contributed by atoms with van der Waals surface area (Å²) in [4.78, 5) is 24.2. The second-order valence-electron chi connectivity index (χ2n) is 8.11. The maximum atomic E-state index is 13.6. The molecule has 1 saturated heterocycles. The molecule has 0 aliphatic carbocycles. The molecule has 2 N–H and O–H groups in total. The minimum Gasteiger partial charge on any atom is -0.495 e. The number of hydrogen-bond donors (Lipinski definition) is 1. The Morgan fingerprint density at radius 3 is 2.62 bits per heavy atom. The number of aromatic nitrogens is 2. The number of rotatable bonds is 7. The highest BCUT2D eigenvalue weighted by molar-refractivity contribution is 5.95. The van der Waals surface area contributed by atoms with Gasteiger partial charge in [-0.05, 0) is 38.0 Å². The van der Waals surface area contributed by atoms with E-state index in [1.54, 1.807) is 29.4 Å². The molecule has 2 atom stereocenters. The molecule has 0 spiro atoms. The molecule has 0 saturated carbocycles. The third-order valence-corrected chi connectivity index (χ3v) is 5.79. The summed E-state index contributed by atoms with van der Waals surface area (Å²) in [6, 6.07) is 7.58. The van der Waals surface area contributed by atoms with Crippen molar-refractivity contribution < 1.29 is 27.9 Å². The first-order chi connectivity index (χ1) is 16.4. The summed E-state index contributed by atoms with van der Waals surface area (Å²) in [6.07, 6.45) is 4.18. The lowest BCUT2D eigenvalue weighted by atomic mass is 9.97. The topological polar surface area (TPSA) is 91.8 Å². The fraction of sp³-hybridized carbons (Fsp3) is 0.333. The zero-order valence-corrected chi connectivity index (χ0v) is 18.9. The van der Waals surface area contributed by atoms with E-state index >= 15 is 0 Å². The lowest BCUT2D eigenvalue weighted by molar-refractivity contribution is -0.0180. The van der Waals surface area contributed by atoms with Gasteiger partial charge >= 0.3 is 0 Å². The number of imidazole rings is 1. The van der Waals surface area contributed by atoms with Gasteiger partial charge in [-0.1, -0.05) is 0 Å². The number of amides is 1. The van der Waals surface area contributed by atoms with Crippen molar-refractivity contribution in [2.45, 2.75) is 31.9 Å². The van der Waals surface area contributed by atoms with Crippen LogP contribution in [0.2, 0.25) is 0 Å². The molecule has 1 amide bonds. The summed E-state index contributed by atoms with van der Waals surface area (Å²) in [7, 11) is 1.53. The van der Waals surface area contributed by atoms with E-state index < -0.39 is 23.8 Å². The number of aryl methyl sites for hydroxylation is 1. The molecule has 34 heavy (non-hydrogen) atoms. The maximum absolute atomic E-state index is 13.6. The summed E-state index contributed by atoms with van der Waals surface area (Å²) < 4.78 is 40.5. The van der Waals surface area contributed by atoms with Crippen LogP contribution >= 0.6 is 0 Å². The van der Waals surface area contributed by atoms with Crippen molar-refractivity contribution in [1.29, 1.82) is 0 Å². The van der Waals surface area contributed by atoms with Crippen LogP contribution in [-0.2, 0) is 4.84 Å². The van der Waals surface area contributed by atoms with Crippen molar-refractivity contribution in [2.75, 3.05) is 20.3 Å². The average molecular weight is 472 g/mol. The van der Waals surface area contributed by atoms with E-state index in [2.05, 4.69) is 4.98 Å². The fourth-order valence-electron chi connectivity index (χ4n) is 4.22. The van der Waals surface area contributed by atoms with Crippen LogP contribution < -0.4 is 15.4 Å². The Labute approximate surface area is 195 Å². The van der Waals surface area contributed by atoms with Gasteiger partial charge in [-0.2, -0.15) is 0 Å². The van der Waals surface area contributed by atoms with Gasteiger partial charge in [-0.25, -0.2) is 19.7 Å². The minimum atomic E-state index is -0.745. The summed E-state index contributed by atoms with van der Waals surface area (Å²) in [5, 5.41) is 0. The van der Waals surface area contributed by atoms with Crippen LogP contribution in [0.3, 0.4) is 0 Å². The van der Waals surface area contributed by atoms with Gasteiger partial charge in [0.15, 0.2) is 0 Å². The number of likely N-dealkylation sites (tertiary alicyclic amines) is 1. The van der Waals surface area contributed by atoms with E-state index in [4.69, 9.17) is 20.2 Å². The molecule has 2 heterocycles. The van der Waals surface area contributed by atoms with Crippen LogP contribution in [-0.4, -0.2) is 52.8 Å². The second kappa shape index (κ2) is 10.2. The number of methoxy groups -OCH3 is 1. The Kier molecular flexibility index (Phi) is 7.09. The molecule has 8 nitrogen and oxygen atoms in total. The number of carbonyl (C=O) groups excluding carboxylic acids is 1. The molecule has 0 bridgehead atoms. The van der Waals surface area contributed by atoms with Gasteiger partial charge in [0.2, 0.25) is 0 Å². The van der Waals surface area contributed by atoms with E-state index in [9.17, 15) is 13.6 Å². The Morgan fingerprint density at radius 2 is 1.97 bits per heavy atom. The molecule has 2 unspecified atom stereocenters. The highest BCUT2D eigenvalue weighted by Gasteiger charge is 2.37. The van der Waals surface area contributed by atoms with Crippen LogP contribution in [0, 0.1) is 18.6 Å². The molecule has 180 valence electrons. The van der Waals surface area contributed by atoms with Gasteiger partial charge in [0.25, 0.3) is 5.91 Å². The predicted octanol–water partition coefficient (Wildman–Crippen LogP) is 3.41. The highest BCUT2D eigenvalue weighted by Crippen LogP contribution is 2.29. The van der Waals surface area contributed by atoms with Crippen molar-refractivity contribution in [3.05, 3.63) is 71.8 Å². The predicted molar refractivity (Wildman–Crippen MR) is 120 cm³/mol. The van der Waals surface area contributed by atoms with Crippen molar-refractivity contribution in [3.63, 3.8) is 0 Å². The number of nitrogens with two attached hydrogens (primary N) is 1. The molecule has 1 aliphatic heterocycles. The van der Waals surface area contributed by atoms with Gasteiger partial charge in [0.1, 0.15) is 29.2 Å². The normalized spacial score (nSPS) is 18.1. The summed E-state index contributed by atoms with van der Waals surface area (Å²) >= 11 is 0. The quantitative estimate of drug-likeness (QED) is 0.530. The molecule has 1 aromatic heterocycles. The number of hydrogen-bond acceptors (Lipinski definition) is 6. The average Bonchev–Trinajstić information content (AvgIpc) is 3.24. The van der Waals surface area contributed by atoms with Crippen LogP contribution in [0.25, 0.3) is 5.69 Å².